The van der Waals surface area contributed by atoms with E-state index >= 15 is 0 Å². The van der Waals surface area contributed by atoms with E-state index in [1.807, 2.05) is 66.7 Å². The Labute approximate surface area is 185 Å². The summed E-state index contributed by atoms with van der Waals surface area (Å²) >= 11 is 6.01. The lowest BCUT2D eigenvalue weighted by molar-refractivity contribution is 0.259. The molecule has 0 fully saturated rings. The largest absolute Gasteiger partial charge is 0.496 e. The highest BCUT2D eigenvalue weighted by molar-refractivity contribution is 6.30. The summed E-state index contributed by atoms with van der Waals surface area (Å²) in [6.45, 7) is 0.338. The van der Waals surface area contributed by atoms with E-state index in [-0.39, 0.29) is 0 Å². The molecule has 6 heteroatoms. The van der Waals surface area contributed by atoms with Crippen LogP contribution in [0, 0.1) is 0 Å². The van der Waals surface area contributed by atoms with E-state index in [0.29, 0.717) is 17.3 Å². The van der Waals surface area contributed by atoms with Gasteiger partial charge in [-0.15, -0.1) is 0 Å². The molecule has 0 aliphatic rings. The third kappa shape index (κ3) is 4.73. The molecule has 0 saturated carbocycles. The fourth-order valence-corrected chi connectivity index (χ4v) is 3.59. The number of hydrogen-bond acceptors (Lipinski definition) is 3. The molecule has 4 rings (SSSR count). The number of urea groups is 1. The summed E-state index contributed by atoms with van der Waals surface area (Å²) < 4.78 is 11.7. The summed E-state index contributed by atoms with van der Waals surface area (Å²) in [5, 5.41) is 5.16. The molecule has 0 unspecified atom stereocenters. The lowest BCUT2D eigenvalue weighted by atomic mass is 10.0. The molecule has 0 radical (unpaired) electrons. The quantitative estimate of drug-likeness (QED) is 0.378. The zero-order valence-corrected chi connectivity index (χ0v) is 17.6. The predicted octanol–water partition coefficient (Wildman–Crippen LogP) is 6.24. The molecule has 0 spiro atoms. The van der Waals surface area contributed by atoms with Gasteiger partial charge in [-0.25, -0.2) is 4.79 Å². The van der Waals surface area contributed by atoms with Gasteiger partial charge in [-0.2, -0.15) is 0 Å². The molecule has 0 aliphatic heterocycles. The molecule has 4 aromatic rings. The Morgan fingerprint density at radius 2 is 1.71 bits per heavy atom. The number of nitrogens with two attached hydrogens (primary N) is 1. The van der Waals surface area contributed by atoms with Crippen molar-refractivity contribution in [2.24, 2.45) is 5.73 Å². The first-order chi connectivity index (χ1) is 15.0. The van der Waals surface area contributed by atoms with Crippen molar-refractivity contribution in [1.29, 1.82) is 0 Å². The second-order valence-corrected chi connectivity index (χ2v) is 7.44. The molecular formula is C25H21ClN2O3. The second kappa shape index (κ2) is 8.98. The molecule has 31 heavy (non-hydrogen) atoms. The Morgan fingerprint density at radius 3 is 2.45 bits per heavy atom. The zero-order valence-electron chi connectivity index (χ0n) is 16.9. The van der Waals surface area contributed by atoms with Crippen LogP contribution in [-0.2, 0) is 6.61 Å². The number of carbonyl (C=O) groups is 1. The maximum atomic E-state index is 11.1. The number of amides is 2. The van der Waals surface area contributed by atoms with Crippen molar-refractivity contribution in [1.82, 2.24) is 0 Å². The molecule has 2 amide bonds. The highest BCUT2D eigenvalue weighted by atomic mass is 35.5. The number of benzene rings is 4. The van der Waals surface area contributed by atoms with Crippen LogP contribution in [0.4, 0.5) is 10.5 Å². The molecule has 4 aromatic carbocycles. The molecule has 0 heterocycles. The maximum absolute atomic E-state index is 11.1. The SMILES string of the molecule is COc1ccc(-c2ccc(Cl)cc2)cc1COc1cccc2cc(NC(N)=O)ccc12. The minimum atomic E-state index is -0.598. The average Bonchev–Trinajstić information content (AvgIpc) is 2.77. The number of rotatable bonds is 6. The molecule has 0 saturated heterocycles. The van der Waals surface area contributed by atoms with Crippen LogP contribution in [0.15, 0.2) is 78.9 Å². The van der Waals surface area contributed by atoms with Gasteiger partial charge in [0.2, 0.25) is 0 Å². The van der Waals surface area contributed by atoms with E-state index in [2.05, 4.69) is 11.4 Å². The predicted molar refractivity (Wildman–Crippen MR) is 125 cm³/mol. The number of halogens is 1. The number of methoxy groups -OCH3 is 1. The highest BCUT2D eigenvalue weighted by Crippen LogP contribution is 2.31. The van der Waals surface area contributed by atoms with Crippen LogP contribution < -0.4 is 20.5 Å². The molecule has 0 aromatic heterocycles. The lowest BCUT2D eigenvalue weighted by Crippen LogP contribution is -2.19. The fourth-order valence-electron chi connectivity index (χ4n) is 3.47. The Kier molecular flexibility index (Phi) is 5.96. The summed E-state index contributed by atoms with van der Waals surface area (Å²) in [4.78, 5) is 11.1. The van der Waals surface area contributed by atoms with Crippen LogP contribution in [0.25, 0.3) is 21.9 Å². The van der Waals surface area contributed by atoms with Gasteiger partial charge in [0.25, 0.3) is 0 Å². The van der Waals surface area contributed by atoms with Crippen LogP contribution in [0.3, 0.4) is 0 Å². The zero-order chi connectivity index (χ0) is 21.8. The van der Waals surface area contributed by atoms with Gasteiger partial charge in [-0.3, -0.25) is 0 Å². The van der Waals surface area contributed by atoms with Crippen molar-refractivity contribution in [2.45, 2.75) is 6.61 Å². The van der Waals surface area contributed by atoms with Crippen molar-refractivity contribution in [3.63, 3.8) is 0 Å². The van der Waals surface area contributed by atoms with Gasteiger partial charge >= 0.3 is 6.03 Å². The van der Waals surface area contributed by atoms with Crippen molar-refractivity contribution in [3.05, 3.63) is 89.4 Å². The summed E-state index contributed by atoms with van der Waals surface area (Å²) in [5.74, 6) is 1.49. The standard InChI is InChI=1S/C25H21ClN2O3/c1-30-23-12-7-17(16-5-8-20(26)9-6-16)13-19(23)15-31-24-4-2-3-18-14-21(28-25(27)29)10-11-22(18)24/h2-14H,15H2,1H3,(H3,27,28,29). The Bertz CT molecular complexity index is 1240. The third-order valence-corrected chi connectivity index (χ3v) is 5.20. The molecule has 0 aliphatic carbocycles. The van der Waals surface area contributed by atoms with Gasteiger partial charge in [0, 0.05) is 21.7 Å². The minimum Gasteiger partial charge on any atom is -0.496 e. The van der Waals surface area contributed by atoms with Crippen LogP contribution in [0.2, 0.25) is 5.02 Å². The number of hydrogen-bond donors (Lipinski definition) is 2. The molecule has 3 N–H and O–H groups in total. The van der Waals surface area contributed by atoms with Crippen molar-refractivity contribution >= 4 is 34.1 Å². The normalized spacial score (nSPS) is 10.6. The van der Waals surface area contributed by atoms with Gasteiger partial charge in [0.15, 0.2) is 0 Å². The number of ether oxygens (including phenoxy) is 2. The number of carbonyl (C=O) groups excluding carboxylic acids is 1. The van der Waals surface area contributed by atoms with Crippen LogP contribution in [0.5, 0.6) is 11.5 Å². The third-order valence-electron chi connectivity index (χ3n) is 4.95. The topological polar surface area (TPSA) is 73.6 Å². The van der Waals surface area contributed by atoms with Crippen LogP contribution >= 0.6 is 11.6 Å². The van der Waals surface area contributed by atoms with Crippen molar-refractivity contribution in [2.75, 3.05) is 12.4 Å². The first kappa shape index (κ1) is 20.6. The molecule has 0 bridgehead atoms. The number of nitrogens with one attached hydrogen (secondary N) is 1. The number of fused-ring (bicyclic) bond motifs is 1. The second-order valence-electron chi connectivity index (χ2n) is 7.00. The monoisotopic (exact) mass is 432 g/mol. The van der Waals surface area contributed by atoms with E-state index in [4.69, 9.17) is 26.8 Å². The van der Waals surface area contributed by atoms with Gasteiger partial charge in [0.05, 0.1) is 7.11 Å². The van der Waals surface area contributed by atoms with E-state index in [1.165, 1.54) is 0 Å². The summed E-state index contributed by atoms with van der Waals surface area (Å²) in [5.41, 5.74) is 8.88. The molecule has 5 nitrogen and oxygen atoms in total. The van der Waals surface area contributed by atoms with E-state index in [0.717, 1.165) is 39.0 Å². The van der Waals surface area contributed by atoms with Gasteiger partial charge in [0.1, 0.15) is 18.1 Å². The van der Waals surface area contributed by atoms with Crippen molar-refractivity contribution in [3.8, 4) is 22.6 Å². The average molecular weight is 433 g/mol. The minimum absolute atomic E-state index is 0.338. The molecular weight excluding hydrogens is 412 g/mol. The van der Waals surface area contributed by atoms with E-state index < -0.39 is 6.03 Å². The maximum Gasteiger partial charge on any atom is 0.316 e. The fraction of sp³-hybridized carbons (Fsp3) is 0.0800. The summed E-state index contributed by atoms with van der Waals surface area (Å²) in [7, 11) is 1.64. The van der Waals surface area contributed by atoms with Crippen LogP contribution in [-0.4, -0.2) is 13.1 Å². The molecule has 156 valence electrons. The number of anilines is 1. The van der Waals surface area contributed by atoms with Gasteiger partial charge < -0.3 is 20.5 Å². The Balaban J connectivity index is 1.61. The summed E-state index contributed by atoms with van der Waals surface area (Å²) in [6, 6.07) is 24.4. The molecule has 0 atom stereocenters. The van der Waals surface area contributed by atoms with Gasteiger partial charge in [-0.05, 0) is 65.0 Å². The number of primary amides is 1. The lowest BCUT2D eigenvalue weighted by Gasteiger charge is -2.14. The van der Waals surface area contributed by atoms with E-state index in [9.17, 15) is 4.79 Å². The van der Waals surface area contributed by atoms with Gasteiger partial charge in [-0.1, -0.05) is 41.9 Å². The van der Waals surface area contributed by atoms with Crippen molar-refractivity contribution < 1.29 is 14.3 Å². The Hall–Kier alpha value is -3.70. The summed E-state index contributed by atoms with van der Waals surface area (Å²) in [6.07, 6.45) is 0. The first-order valence-corrected chi connectivity index (χ1v) is 10.1. The first-order valence-electron chi connectivity index (χ1n) is 9.68. The van der Waals surface area contributed by atoms with E-state index in [1.54, 1.807) is 13.2 Å². The Morgan fingerprint density at radius 1 is 0.935 bits per heavy atom. The smallest absolute Gasteiger partial charge is 0.316 e. The van der Waals surface area contributed by atoms with Crippen LogP contribution in [0.1, 0.15) is 5.56 Å². The highest BCUT2D eigenvalue weighted by Gasteiger charge is 2.09.